The Kier molecular flexibility index (Phi) is 8.31. The Bertz CT molecular complexity index is 334. The Morgan fingerprint density at radius 1 is 1.25 bits per heavy atom. The highest BCUT2D eigenvalue weighted by molar-refractivity contribution is 7.84. The van der Waals surface area contributed by atoms with E-state index in [9.17, 15) is 9.32 Å². The molecule has 1 rings (SSSR count). The van der Waals surface area contributed by atoms with Gasteiger partial charge in [-0.1, -0.05) is 26.3 Å². The lowest BCUT2D eigenvalue weighted by atomic mass is 9.77. The second kappa shape index (κ2) is 9.46. The zero-order valence-corrected chi connectivity index (χ0v) is 13.7. The van der Waals surface area contributed by atoms with Gasteiger partial charge in [0.05, 0.1) is 5.54 Å². The summed E-state index contributed by atoms with van der Waals surface area (Å²) in [4.78, 5) is 4.70. The third kappa shape index (κ3) is 5.13. The lowest BCUT2D eigenvalue weighted by Gasteiger charge is -2.33. The molecule has 3 atom stereocenters. The largest absolute Gasteiger partial charge is 0.396 e. The van der Waals surface area contributed by atoms with Crippen LogP contribution in [0.4, 0.5) is 0 Å². The second-order valence-electron chi connectivity index (χ2n) is 5.58. The van der Waals surface area contributed by atoms with Gasteiger partial charge in [0.1, 0.15) is 0 Å². The molecule has 0 bridgehead atoms. The number of rotatable bonds is 11. The van der Waals surface area contributed by atoms with Crippen molar-refractivity contribution in [3.05, 3.63) is 12.2 Å². The van der Waals surface area contributed by atoms with Crippen LogP contribution < -0.4 is 0 Å². The van der Waals surface area contributed by atoms with Crippen molar-refractivity contribution in [2.45, 2.75) is 57.9 Å². The summed E-state index contributed by atoms with van der Waals surface area (Å²) >= 11 is 0. The van der Waals surface area contributed by atoms with Crippen molar-refractivity contribution < 1.29 is 9.32 Å². The van der Waals surface area contributed by atoms with Crippen LogP contribution >= 0.6 is 0 Å². The van der Waals surface area contributed by atoms with Crippen LogP contribution in [0.3, 0.4) is 0 Å². The number of nitrogens with zero attached hydrogens (tertiary/aromatic N) is 1. The monoisotopic (exact) mass is 299 g/mol. The molecule has 1 aliphatic heterocycles. The Morgan fingerprint density at radius 2 is 2.05 bits per heavy atom. The predicted molar refractivity (Wildman–Crippen MR) is 87.9 cm³/mol. The maximum absolute atomic E-state index is 11.8. The Hall–Kier alpha value is -0.480. The average Bonchev–Trinajstić information content (AvgIpc) is 2.89. The number of aliphatic hydroxyl groups is 1. The molecule has 3 nitrogen and oxygen atoms in total. The van der Waals surface area contributed by atoms with Crippen molar-refractivity contribution in [1.82, 2.24) is 0 Å². The minimum Gasteiger partial charge on any atom is -0.396 e. The third-order valence-corrected chi connectivity index (χ3v) is 5.60. The van der Waals surface area contributed by atoms with Gasteiger partial charge >= 0.3 is 0 Å². The summed E-state index contributed by atoms with van der Waals surface area (Å²) in [6.07, 6.45) is 11.9. The summed E-state index contributed by atoms with van der Waals surface area (Å²) < 4.78 is 11.8. The van der Waals surface area contributed by atoms with Gasteiger partial charge in [0.15, 0.2) is 0 Å². The van der Waals surface area contributed by atoms with Gasteiger partial charge in [-0.3, -0.25) is 9.20 Å². The Balaban J connectivity index is 2.60. The van der Waals surface area contributed by atoms with E-state index in [0.717, 1.165) is 50.0 Å². The number of aliphatic imine (C=N–C) groups is 1. The van der Waals surface area contributed by atoms with E-state index in [1.807, 2.05) is 12.3 Å². The number of hydrogen-bond acceptors (Lipinski definition) is 3. The predicted octanol–water partition coefficient (Wildman–Crippen LogP) is 3.10. The molecular formula is C16H29NO2S. The molecule has 0 saturated heterocycles. The maximum Gasteiger partial charge on any atom is 0.0820 e. The fourth-order valence-corrected chi connectivity index (χ4v) is 4.15. The van der Waals surface area contributed by atoms with Crippen molar-refractivity contribution in [3.8, 4) is 0 Å². The highest BCUT2D eigenvalue weighted by atomic mass is 32.2. The molecule has 0 aromatic rings. The molecule has 20 heavy (non-hydrogen) atoms. The van der Waals surface area contributed by atoms with Crippen molar-refractivity contribution >= 4 is 17.0 Å². The first-order chi connectivity index (χ1) is 9.68. The fourth-order valence-electron chi connectivity index (χ4n) is 3.02. The first-order valence-corrected chi connectivity index (χ1v) is 9.36. The van der Waals surface area contributed by atoms with Crippen LogP contribution in [0.1, 0.15) is 52.4 Å². The molecule has 0 aromatic heterocycles. The molecule has 1 N–H and O–H groups in total. The quantitative estimate of drug-likeness (QED) is 0.637. The van der Waals surface area contributed by atoms with Crippen LogP contribution in [0.2, 0.25) is 0 Å². The zero-order valence-electron chi connectivity index (χ0n) is 12.9. The van der Waals surface area contributed by atoms with Gasteiger partial charge in [0, 0.05) is 35.1 Å². The summed E-state index contributed by atoms with van der Waals surface area (Å²) in [6.45, 7) is 4.47. The van der Waals surface area contributed by atoms with Gasteiger partial charge in [0.25, 0.3) is 0 Å². The molecular weight excluding hydrogens is 270 g/mol. The first-order valence-electron chi connectivity index (χ1n) is 7.87. The molecule has 1 aliphatic rings. The summed E-state index contributed by atoms with van der Waals surface area (Å²) in [7, 11) is -0.684. The number of aliphatic hydroxyl groups excluding tert-OH is 1. The van der Waals surface area contributed by atoms with Crippen LogP contribution in [0.15, 0.2) is 17.1 Å². The van der Waals surface area contributed by atoms with Gasteiger partial charge < -0.3 is 5.11 Å². The summed E-state index contributed by atoms with van der Waals surface area (Å²) in [5, 5.41) is 9.30. The Labute approximate surface area is 126 Å². The normalized spacial score (nSPS) is 24.1. The van der Waals surface area contributed by atoms with E-state index in [2.05, 4.69) is 19.9 Å². The van der Waals surface area contributed by atoms with Crippen molar-refractivity contribution in [1.29, 1.82) is 0 Å². The molecule has 0 amide bonds. The van der Waals surface area contributed by atoms with E-state index >= 15 is 0 Å². The van der Waals surface area contributed by atoms with Gasteiger partial charge in [-0.15, -0.1) is 0 Å². The van der Waals surface area contributed by atoms with Crippen LogP contribution in [-0.2, 0) is 10.8 Å². The van der Waals surface area contributed by atoms with Crippen LogP contribution in [0.5, 0.6) is 0 Å². The SMILES string of the molecule is CCCC(CCO)C1(CCCS(=O)CCC)C=CC=N1. The van der Waals surface area contributed by atoms with Crippen LogP contribution in [0.25, 0.3) is 0 Å². The summed E-state index contributed by atoms with van der Waals surface area (Å²) in [6, 6.07) is 0. The standard InChI is InChI=1S/C16H29NO2S/c1-3-7-15(8-12-18)16(9-5-11-17-16)10-6-14-20(19)13-4-2/h5,9,11,15,18H,3-4,6-8,10,12-14H2,1-2H3. The van der Waals surface area contributed by atoms with Crippen molar-refractivity contribution in [3.63, 3.8) is 0 Å². The molecule has 116 valence electrons. The minimum absolute atomic E-state index is 0.158. The van der Waals surface area contributed by atoms with E-state index in [-0.39, 0.29) is 12.1 Å². The highest BCUT2D eigenvalue weighted by Crippen LogP contribution is 2.36. The van der Waals surface area contributed by atoms with Crippen LogP contribution in [-0.4, -0.2) is 39.2 Å². The van der Waals surface area contributed by atoms with E-state index < -0.39 is 10.8 Å². The van der Waals surface area contributed by atoms with Gasteiger partial charge in [-0.25, -0.2) is 0 Å². The molecule has 0 aliphatic carbocycles. The topological polar surface area (TPSA) is 49.7 Å². The average molecular weight is 299 g/mol. The van der Waals surface area contributed by atoms with E-state index in [0.29, 0.717) is 5.92 Å². The van der Waals surface area contributed by atoms with E-state index in [1.54, 1.807) is 0 Å². The van der Waals surface area contributed by atoms with Crippen LogP contribution in [0, 0.1) is 5.92 Å². The molecule has 4 heteroatoms. The van der Waals surface area contributed by atoms with Gasteiger partial charge in [-0.2, -0.15) is 0 Å². The second-order valence-corrected chi connectivity index (χ2v) is 7.27. The molecule has 1 heterocycles. The highest BCUT2D eigenvalue weighted by Gasteiger charge is 2.35. The Morgan fingerprint density at radius 3 is 2.60 bits per heavy atom. The molecule has 0 aromatic carbocycles. The maximum atomic E-state index is 11.8. The van der Waals surface area contributed by atoms with Gasteiger partial charge in [-0.05, 0) is 44.1 Å². The summed E-state index contributed by atoms with van der Waals surface area (Å²) in [5.74, 6) is 1.98. The molecule has 3 unspecified atom stereocenters. The lowest BCUT2D eigenvalue weighted by molar-refractivity contribution is 0.205. The zero-order chi connectivity index (χ0) is 14.8. The fraction of sp³-hybridized carbons (Fsp3) is 0.812. The third-order valence-electron chi connectivity index (χ3n) is 3.99. The molecule has 0 saturated carbocycles. The number of allylic oxidation sites excluding steroid dienone is 1. The van der Waals surface area contributed by atoms with Crippen molar-refractivity contribution in [2.24, 2.45) is 10.9 Å². The summed E-state index contributed by atoms with van der Waals surface area (Å²) in [5.41, 5.74) is -0.158. The van der Waals surface area contributed by atoms with E-state index in [4.69, 9.17) is 4.99 Å². The smallest absolute Gasteiger partial charge is 0.0820 e. The van der Waals surface area contributed by atoms with E-state index in [1.165, 1.54) is 0 Å². The van der Waals surface area contributed by atoms with Crippen molar-refractivity contribution in [2.75, 3.05) is 18.1 Å². The minimum atomic E-state index is -0.684. The molecule has 0 spiro atoms. The molecule has 0 radical (unpaired) electrons. The molecule has 0 fully saturated rings. The lowest BCUT2D eigenvalue weighted by Crippen LogP contribution is -2.34. The number of hydrogen-bond donors (Lipinski definition) is 1. The first kappa shape index (κ1) is 17.6. The van der Waals surface area contributed by atoms with Gasteiger partial charge in [0.2, 0.25) is 0 Å².